The summed E-state index contributed by atoms with van der Waals surface area (Å²) in [6, 6.07) is 17.4. The van der Waals surface area contributed by atoms with Crippen LogP contribution in [-0.2, 0) is 0 Å². The van der Waals surface area contributed by atoms with Crippen molar-refractivity contribution in [1.29, 1.82) is 0 Å². The Bertz CT molecular complexity index is 1680. The second-order valence-electron chi connectivity index (χ2n) is 9.43. The summed E-state index contributed by atoms with van der Waals surface area (Å²) in [5.74, 6) is 1.49. The lowest BCUT2D eigenvalue weighted by Gasteiger charge is -2.17. The molecule has 1 aliphatic rings. The standard InChI is InChI=1S/C29H28N4O3/c1-18-15-20(19(2)32(18)21-9-4-5-10-21)17-30-33-28(31-24-12-7-6-11-22(24)29(33)34)27-16-23-25(35-3)13-8-14-26(23)36-27/h6-8,11-17,21H,4-5,9-10H2,1-3H3. The Hall–Kier alpha value is -4.13. The van der Waals surface area contributed by atoms with Gasteiger partial charge in [0.25, 0.3) is 5.56 Å². The maximum Gasteiger partial charge on any atom is 0.282 e. The predicted octanol–water partition coefficient (Wildman–Crippen LogP) is 6.23. The van der Waals surface area contributed by atoms with Gasteiger partial charge in [-0.15, -0.1) is 0 Å². The van der Waals surface area contributed by atoms with Crippen LogP contribution in [0.15, 0.2) is 68.9 Å². The molecule has 6 rings (SSSR count). The molecule has 0 spiro atoms. The van der Waals surface area contributed by atoms with Gasteiger partial charge in [-0.1, -0.05) is 31.0 Å². The fraction of sp³-hybridized carbons (Fsp3) is 0.276. The molecule has 3 aromatic heterocycles. The quantitative estimate of drug-likeness (QED) is 0.279. The van der Waals surface area contributed by atoms with E-state index < -0.39 is 0 Å². The molecule has 1 aliphatic carbocycles. The first-order valence-electron chi connectivity index (χ1n) is 12.4. The Morgan fingerprint density at radius 1 is 1.06 bits per heavy atom. The van der Waals surface area contributed by atoms with Gasteiger partial charge < -0.3 is 13.7 Å². The zero-order valence-corrected chi connectivity index (χ0v) is 20.7. The first kappa shape index (κ1) is 22.3. The molecule has 0 atom stereocenters. The molecule has 5 aromatic rings. The van der Waals surface area contributed by atoms with E-state index in [1.165, 1.54) is 41.7 Å². The highest BCUT2D eigenvalue weighted by Gasteiger charge is 2.21. The third-order valence-electron chi connectivity index (χ3n) is 7.24. The van der Waals surface area contributed by atoms with Gasteiger partial charge >= 0.3 is 0 Å². The minimum Gasteiger partial charge on any atom is -0.496 e. The number of hydrogen-bond donors (Lipinski definition) is 0. The van der Waals surface area contributed by atoms with Crippen molar-refractivity contribution >= 4 is 28.1 Å². The molecule has 0 bridgehead atoms. The molecule has 0 N–H and O–H groups in total. The fourth-order valence-electron chi connectivity index (χ4n) is 5.49. The van der Waals surface area contributed by atoms with E-state index in [4.69, 9.17) is 14.1 Å². The van der Waals surface area contributed by atoms with Gasteiger partial charge in [-0.25, -0.2) is 4.98 Å². The maximum absolute atomic E-state index is 13.6. The molecule has 0 saturated heterocycles. The second-order valence-corrected chi connectivity index (χ2v) is 9.43. The van der Waals surface area contributed by atoms with Crippen LogP contribution in [0.2, 0.25) is 0 Å². The average Bonchev–Trinajstić information content (AvgIpc) is 3.62. The van der Waals surface area contributed by atoms with Crippen molar-refractivity contribution in [1.82, 2.24) is 14.2 Å². The van der Waals surface area contributed by atoms with Crippen LogP contribution in [0.25, 0.3) is 33.5 Å². The van der Waals surface area contributed by atoms with Gasteiger partial charge in [0.2, 0.25) is 5.82 Å². The molecule has 0 unspecified atom stereocenters. The van der Waals surface area contributed by atoms with Crippen LogP contribution in [0.5, 0.6) is 5.75 Å². The first-order valence-corrected chi connectivity index (χ1v) is 12.4. The lowest BCUT2D eigenvalue weighted by atomic mass is 10.2. The highest BCUT2D eigenvalue weighted by atomic mass is 16.5. The summed E-state index contributed by atoms with van der Waals surface area (Å²) in [6.45, 7) is 4.26. The van der Waals surface area contributed by atoms with Crippen molar-refractivity contribution < 1.29 is 9.15 Å². The van der Waals surface area contributed by atoms with Crippen LogP contribution in [0.3, 0.4) is 0 Å². The highest BCUT2D eigenvalue weighted by Crippen LogP contribution is 2.34. The van der Waals surface area contributed by atoms with Crippen molar-refractivity contribution in [3.05, 3.63) is 81.9 Å². The van der Waals surface area contributed by atoms with E-state index in [1.54, 1.807) is 19.4 Å². The largest absolute Gasteiger partial charge is 0.496 e. The topological polar surface area (TPSA) is 74.6 Å². The van der Waals surface area contributed by atoms with E-state index in [0.717, 1.165) is 10.9 Å². The molecule has 0 radical (unpaired) electrons. The minimum absolute atomic E-state index is 0.246. The van der Waals surface area contributed by atoms with Crippen molar-refractivity contribution in [2.45, 2.75) is 45.6 Å². The van der Waals surface area contributed by atoms with Gasteiger partial charge in [0.15, 0.2) is 5.76 Å². The normalized spacial score (nSPS) is 14.5. The number of rotatable bonds is 5. The van der Waals surface area contributed by atoms with Crippen LogP contribution in [-0.4, -0.2) is 27.6 Å². The number of para-hydroxylation sites is 1. The zero-order valence-electron chi connectivity index (χ0n) is 20.7. The van der Waals surface area contributed by atoms with Crippen LogP contribution >= 0.6 is 0 Å². The Balaban J connectivity index is 1.51. The van der Waals surface area contributed by atoms with Crippen LogP contribution in [0.4, 0.5) is 0 Å². The molecule has 182 valence electrons. The van der Waals surface area contributed by atoms with Crippen LogP contribution < -0.4 is 10.3 Å². The summed E-state index contributed by atoms with van der Waals surface area (Å²) < 4.78 is 15.4. The predicted molar refractivity (Wildman–Crippen MR) is 142 cm³/mol. The number of aryl methyl sites for hydroxylation is 1. The molecule has 1 fully saturated rings. The summed E-state index contributed by atoms with van der Waals surface area (Å²) in [4.78, 5) is 18.4. The smallest absolute Gasteiger partial charge is 0.282 e. The summed E-state index contributed by atoms with van der Waals surface area (Å²) in [7, 11) is 1.62. The Kier molecular flexibility index (Phi) is 5.48. The average molecular weight is 481 g/mol. The first-order chi connectivity index (χ1) is 17.5. The van der Waals surface area contributed by atoms with E-state index in [1.807, 2.05) is 42.5 Å². The van der Waals surface area contributed by atoms with Crippen LogP contribution in [0.1, 0.15) is 48.7 Å². The summed E-state index contributed by atoms with van der Waals surface area (Å²) >= 11 is 0. The van der Waals surface area contributed by atoms with Crippen LogP contribution in [0, 0.1) is 13.8 Å². The lowest BCUT2D eigenvalue weighted by Crippen LogP contribution is -2.20. The number of ether oxygens (including phenoxy) is 1. The molecule has 7 heteroatoms. The maximum atomic E-state index is 13.6. The SMILES string of the molecule is COc1cccc2oc(-c3nc4ccccc4c(=O)n3N=Cc3cc(C)n(C4CCCC4)c3C)cc12. The third kappa shape index (κ3) is 3.63. The van der Waals surface area contributed by atoms with E-state index in [2.05, 4.69) is 29.6 Å². The fourth-order valence-corrected chi connectivity index (χ4v) is 5.49. The summed E-state index contributed by atoms with van der Waals surface area (Å²) in [5, 5.41) is 5.99. The Morgan fingerprint density at radius 3 is 2.67 bits per heavy atom. The molecule has 7 nitrogen and oxygen atoms in total. The molecular weight excluding hydrogens is 452 g/mol. The lowest BCUT2D eigenvalue weighted by molar-refractivity contribution is 0.419. The number of aromatic nitrogens is 3. The molecule has 2 aromatic carbocycles. The van der Waals surface area contributed by atoms with Gasteiger partial charge in [0, 0.05) is 23.0 Å². The summed E-state index contributed by atoms with van der Waals surface area (Å²) in [5.41, 5.74) is 4.38. The second kappa shape index (κ2) is 8.82. The third-order valence-corrected chi connectivity index (χ3v) is 7.24. The molecule has 3 heterocycles. The van der Waals surface area contributed by atoms with Crippen molar-refractivity contribution in [3.8, 4) is 17.3 Å². The zero-order chi connectivity index (χ0) is 24.8. The van der Waals surface area contributed by atoms with Gasteiger partial charge in [0.05, 0.1) is 29.6 Å². The van der Waals surface area contributed by atoms with Crippen molar-refractivity contribution in [3.63, 3.8) is 0 Å². The number of furan rings is 1. The Morgan fingerprint density at radius 2 is 1.86 bits per heavy atom. The molecule has 0 aliphatic heterocycles. The van der Waals surface area contributed by atoms with E-state index >= 15 is 0 Å². The van der Waals surface area contributed by atoms with Gasteiger partial charge in [-0.3, -0.25) is 4.79 Å². The number of methoxy groups -OCH3 is 1. The van der Waals surface area contributed by atoms with Crippen molar-refractivity contribution in [2.75, 3.05) is 7.11 Å². The summed E-state index contributed by atoms with van der Waals surface area (Å²) in [6.07, 6.45) is 6.73. The minimum atomic E-state index is -0.246. The monoisotopic (exact) mass is 480 g/mol. The van der Waals surface area contributed by atoms with E-state index in [-0.39, 0.29) is 5.56 Å². The highest BCUT2D eigenvalue weighted by molar-refractivity contribution is 5.88. The molecule has 0 amide bonds. The van der Waals surface area contributed by atoms with E-state index in [0.29, 0.717) is 39.9 Å². The Labute approximate surface area is 208 Å². The number of nitrogens with zero attached hydrogens (tertiary/aromatic N) is 4. The van der Waals surface area contributed by atoms with E-state index in [9.17, 15) is 4.79 Å². The number of fused-ring (bicyclic) bond motifs is 2. The molecule has 36 heavy (non-hydrogen) atoms. The molecule has 1 saturated carbocycles. The van der Waals surface area contributed by atoms with Gasteiger partial charge in [-0.05, 0) is 63.1 Å². The number of hydrogen-bond acceptors (Lipinski definition) is 5. The number of benzene rings is 2. The van der Waals surface area contributed by atoms with Gasteiger partial charge in [0.1, 0.15) is 11.3 Å². The van der Waals surface area contributed by atoms with Crippen molar-refractivity contribution in [2.24, 2.45) is 5.10 Å². The molecular formula is C29H28N4O3. The van der Waals surface area contributed by atoms with Gasteiger partial charge in [-0.2, -0.15) is 9.78 Å².